The molecule has 6 nitrogen and oxygen atoms in total. The van der Waals surface area contributed by atoms with Gasteiger partial charge in [-0.1, -0.05) is 35.9 Å². The molecule has 2 saturated heterocycles. The van der Waals surface area contributed by atoms with E-state index in [1.165, 1.54) is 12.4 Å². The van der Waals surface area contributed by atoms with Gasteiger partial charge < -0.3 is 21.4 Å². The summed E-state index contributed by atoms with van der Waals surface area (Å²) in [4.78, 5) is 18.9. The van der Waals surface area contributed by atoms with Crippen LogP contribution in [0.4, 0.5) is 5.69 Å². The van der Waals surface area contributed by atoms with Crippen LogP contribution in [0.2, 0.25) is 5.02 Å². The third kappa shape index (κ3) is 3.49. The number of carbonyl (C=O) groups is 1. The Balaban J connectivity index is 1.63. The van der Waals surface area contributed by atoms with E-state index in [0.29, 0.717) is 10.6 Å². The Morgan fingerprint density at radius 1 is 1.21 bits per heavy atom. The lowest BCUT2D eigenvalue weighted by molar-refractivity contribution is -0.128. The predicted octanol–water partition coefficient (Wildman–Crippen LogP) is 3.46. The summed E-state index contributed by atoms with van der Waals surface area (Å²) in [5.74, 6) is 0.198. The molecule has 2 fully saturated rings. The molecule has 2 aliphatic rings. The second-order valence-electron chi connectivity index (χ2n) is 7.63. The van der Waals surface area contributed by atoms with Crippen LogP contribution in [-0.2, 0) is 4.79 Å². The first-order chi connectivity index (χ1) is 14.1. The number of piperidine rings is 1. The number of anilines is 1. The van der Waals surface area contributed by atoms with Gasteiger partial charge in [-0.25, -0.2) is 0 Å². The number of nitrogens with zero attached hydrogens (tertiary/aromatic N) is 2. The smallest absolute Gasteiger partial charge is 0.226 e. The normalized spacial score (nSPS) is 18.7. The average Bonchev–Trinajstić information content (AvgIpc) is 3.10. The Morgan fingerprint density at radius 2 is 1.93 bits per heavy atom. The Bertz CT molecular complexity index is 962. The molecule has 2 aliphatic heterocycles. The van der Waals surface area contributed by atoms with E-state index in [1.54, 1.807) is 6.20 Å². The fraction of sp³-hybridized carbons (Fsp3) is 0.318. The molecule has 3 heterocycles. The van der Waals surface area contributed by atoms with E-state index in [0.717, 1.165) is 61.3 Å². The monoisotopic (exact) mass is 409 g/mol. The highest BCUT2D eigenvalue weighted by atomic mass is 35.5. The number of rotatable bonds is 4. The standard InChI is InChI=1S/C22H24ClN5O/c23-19-14-26-13-18(16-3-1-15(2-4-16)17(11-24)12-25)20(19)28-9-6-22(7-10-28)5-8-27-21(22)29/h1-4,11-14,24H,5-10,25H2,(H,27,29)/b17-12+,24-11?. The minimum absolute atomic E-state index is 0.198. The van der Waals surface area contributed by atoms with Gasteiger partial charge in [0, 0.05) is 55.6 Å². The molecule has 0 saturated carbocycles. The summed E-state index contributed by atoms with van der Waals surface area (Å²) in [5.41, 5.74) is 9.85. The Morgan fingerprint density at radius 3 is 2.52 bits per heavy atom. The van der Waals surface area contributed by atoms with Crippen molar-refractivity contribution in [3.8, 4) is 11.1 Å². The highest BCUT2D eigenvalue weighted by molar-refractivity contribution is 6.33. The number of hydrogen-bond acceptors (Lipinski definition) is 5. The van der Waals surface area contributed by atoms with E-state index in [4.69, 9.17) is 22.7 Å². The lowest BCUT2D eigenvalue weighted by Gasteiger charge is -2.39. The fourth-order valence-corrected chi connectivity index (χ4v) is 4.66. The van der Waals surface area contributed by atoms with Crippen molar-refractivity contribution in [1.82, 2.24) is 10.3 Å². The lowest BCUT2D eigenvalue weighted by atomic mass is 9.77. The molecule has 4 N–H and O–H groups in total. The molecule has 0 radical (unpaired) electrons. The Kier molecular flexibility index (Phi) is 5.28. The molecule has 0 bridgehead atoms. The fourth-order valence-electron chi connectivity index (χ4n) is 4.38. The summed E-state index contributed by atoms with van der Waals surface area (Å²) in [5, 5.41) is 11.1. The summed E-state index contributed by atoms with van der Waals surface area (Å²) < 4.78 is 0. The van der Waals surface area contributed by atoms with E-state index in [-0.39, 0.29) is 11.3 Å². The minimum atomic E-state index is -0.213. The number of amides is 1. The molecule has 0 aliphatic carbocycles. The SMILES string of the molecule is N=C/C(=C\N)c1ccc(-c2cncc(Cl)c2N2CCC3(CCNC3=O)CC2)cc1. The van der Waals surface area contributed by atoms with E-state index in [2.05, 4.69) is 15.2 Å². The first kappa shape index (κ1) is 19.5. The maximum atomic E-state index is 12.3. The zero-order valence-corrected chi connectivity index (χ0v) is 16.9. The van der Waals surface area contributed by atoms with Crippen molar-refractivity contribution >= 4 is 35.0 Å². The zero-order chi connectivity index (χ0) is 20.4. The summed E-state index contributed by atoms with van der Waals surface area (Å²) in [6.07, 6.45) is 8.76. The molecular weight excluding hydrogens is 386 g/mol. The number of aromatic nitrogens is 1. The summed E-state index contributed by atoms with van der Waals surface area (Å²) in [7, 11) is 0. The van der Waals surface area contributed by atoms with Gasteiger partial charge in [0.2, 0.25) is 5.91 Å². The van der Waals surface area contributed by atoms with Gasteiger partial charge in [-0.15, -0.1) is 0 Å². The van der Waals surface area contributed by atoms with E-state index in [9.17, 15) is 4.79 Å². The van der Waals surface area contributed by atoms with Crippen molar-refractivity contribution in [3.05, 3.63) is 53.4 Å². The van der Waals surface area contributed by atoms with Crippen molar-refractivity contribution in [2.75, 3.05) is 24.5 Å². The molecule has 1 aromatic heterocycles. The number of nitrogens with one attached hydrogen (secondary N) is 2. The average molecular weight is 410 g/mol. The van der Waals surface area contributed by atoms with Gasteiger partial charge in [-0.2, -0.15) is 0 Å². The second-order valence-corrected chi connectivity index (χ2v) is 8.04. The largest absolute Gasteiger partial charge is 0.404 e. The molecule has 4 rings (SSSR count). The van der Waals surface area contributed by atoms with Crippen molar-refractivity contribution in [3.63, 3.8) is 0 Å². The minimum Gasteiger partial charge on any atom is -0.404 e. The summed E-state index contributed by atoms with van der Waals surface area (Å²) in [6, 6.07) is 7.87. The maximum Gasteiger partial charge on any atom is 0.226 e. The molecule has 1 spiro atoms. The van der Waals surface area contributed by atoms with Crippen molar-refractivity contribution in [1.29, 1.82) is 5.41 Å². The summed E-state index contributed by atoms with van der Waals surface area (Å²) >= 11 is 6.58. The van der Waals surface area contributed by atoms with Crippen molar-refractivity contribution in [2.24, 2.45) is 11.1 Å². The third-order valence-electron chi connectivity index (χ3n) is 6.14. The zero-order valence-electron chi connectivity index (χ0n) is 16.1. The highest BCUT2D eigenvalue weighted by Gasteiger charge is 2.44. The van der Waals surface area contributed by atoms with Gasteiger partial charge in [0.1, 0.15) is 0 Å². The first-order valence-corrected chi connectivity index (χ1v) is 10.2. The number of hydrogen-bond donors (Lipinski definition) is 3. The number of nitrogens with two attached hydrogens (primary N) is 1. The molecule has 7 heteroatoms. The number of allylic oxidation sites excluding steroid dienone is 1. The highest BCUT2D eigenvalue weighted by Crippen LogP contribution is 2.43. The second kappa shape index (κ2) is 7.87. The third-order valence-corrected chi connectivity index (χ3v) is 6.42. The lowest BCUT2D eigenvalue weighted by Crippen LogP contribution is -2.44. The van der Waals surface area contributed by atoms with Gasteiger partial charge in [0.05, 0.1) is 16.1 Å². The van der Waals surface area contributed by atoms with E-state index >= 15 is 0 Å². The molecule has 2 aromatic rings. The van der Waals surface area contributed by atoms with Crippen LogP contribution in [0.1, 0.15) is 24.8 Å². The van der Waals surface area contributed by atoms with Crippen LogP contribution in [0, 0.1) is 10.8 Å². The van der Waals surface area contributed by atoms with E-state index < -0.39 is 0 Å². The Labute approximate surface area is 175 Å². The van der Waals surface area contributed by atoms with E-state index in [1.807, 2.05) is 30.5 Å². The molecule has 1 amide bonds. The van der Waals surface area contributed by atoms with Crippen LogP contribution in [-0.4, -0.2) is 36.7 Å². The van der Waals surface area contributed by atoms with Crippen LogP contribution < -0.4 is 16.0 Å². The van der Waals surface area contributed by atoms with Gasteiger partial charge >= 0.3 is 0 Å². The van der Waals surface area contributed by atoms with Gasteiger partial charge in [-0.3, -0.25) is 9.78 Å². The molecule has 1 aromatic carbocycles. The van der Waals surface area contributed by atoms with Crippen LogP contribution >= 0.6 is 11.6 Å². The summed E-state index contributed by atoms with van der Waals surface area (Å²) in [6.45, 7) is 2.35. The first-order valence-electron chi connectivity index (χ1n) is 9.78. The van der Waals surface area contributed by atoms with Crippen molar-refractivity contribution in [2.45, 2.75) is 19.3 Å². The molecule has 0 atom stereocenters. The predicted molar refractivity (Wildman–Crippen MR) is 117 cm³/mol. The van der Waals surface area contributed by atoms with Gasteiger partial charge in [-0.05, 0) is 30.4 Å². The van der Waals surface area contributed by atoms with Crippen LogP contribution in [0.3, 0.4) is 0 Å². The molecule has 29 heavy (non-hydrogen) atoms. The Hall–Kier alpha value is -2.86. The topological polar surface area (TPSA) is 95.1 Å². The van der Waals surface area contributed by atoms with Crippen LogP contribution in [0.25, 0.3) is 16.7 Å². The van der Waals surface area contributed by atoms with Crippen LogP contribution in [0.15, 0.2) is 42.9 Å². The van der Waals surface area contributed by atoms with Crippen LogP contribution in [0.5, 0.6) is 0 Å². The van der Waals surface area contributed by atoms with Crippen molar-refractivity contribution < 1.29 is 4.79 Å². The quantitative estimate of drug-likeness (QED) is 0.674. The van der Waals surface area contributed by atoms with Gasteiger partial charge in [0.15, 0.2) is 0 Å². The number of benzene rings is 1. The number of carbonyl (C=O) groups excluding carboxylic acids is 1. The molecular formula is C22H24ClN5O. The maximum absolute atomic E-state index is 12.3. The number of pyridine rings is 1. The molecule has 0 unspecified atom stereocenters. The number of halogens is 1. The molecule has 150 valence electrons. The van der Waals surface area contributed by atoms with Gasteiger partial charge in [0.25, 0.3) is 0 Å².